The molecule has 19 heavy (non-hydrogen) atoms. The second kappa shape index (κ2) is 5.02. The molecule has 100 valence electrons. The van der Waals surface area contributed by atoms with E-state index in [1.807, 2.05) is 0 Å². The van der Waals surface area contributed by atoms with Crippen molar-refractivity contribution >= 4 is 11.3 Å². The van der Waals surface area contributed by atoms with Crippen molar-refractivity contribution in [3.63, 3.8) is 0 Å². The van der Waals surface area contributed by atoms with Crippen molar-refractivity contribution in [3.8, 4) is 0 Å². The zero-order valence-electron chi connectivity index (χ0n) is 11.4. The highest BCUT2D eigenvalue weighted by Gasteiger charge is 2.48. The topological polar surface area (TPSA) is 37.8 Å². The molecule has 1 aromatic heterocycles. The van der Waals surface area contributed by atoms with Gasteiger partial charge < -0.3 is 5.32 Å². The van der Waals surface area contributed by atoms with Crippen LogP contribution in [0.4, 0.5) is 0 Å². The summed E-state index contributed by atoms with van der Waals surface area (Å²) in [5, 5.41) is 14.4. The van der Waals surface area contributed by atoms with Gasteiger partial charge in [-0.3, -0.25) is 0 Å². The maximum Gasteiger partial charge on any atom is 0.131 e. The number of aromatic nitrogens is 2. The first kappa shape index (κ1) is 12.8. The van der Waals surface area contributed by atoms with Crippen molar-refractivity contribution < 1.29 is 0 Å². The number of nitrogens with zero attached hydrogens (tertiary/aromatic N) is 2. The number of hydrogen-bond acceptors (Lipinski definition) is 4. The summed E-state index contributed by atoms with van der Waals surface area (Å²) < 4.78 is 0. The Bertz CT molecular complexity index is 544. The number of nitrogens with one attached hydrogen (secondary N) is 1. The first-order valence-corrected chi connectivity index (χ1v) is 7.64. The molecule has 1 heterocycles. The number of rotatable bonds is 5. The van der Waals surface area contributed by atoms with Gasteiger partial charge in [-0.1, -0.05) is 55.5 Å². The van der Waals surface area contributed by atoms with E-state index in [4.69, 9.17) is 0 Å². The monoisotopic (exact) mass is 273 g/mol. The third-order valence-electron chi connectivity index (χ3n) is 3.61. The van der Waals surface area contributed by atoms with Crippen molar-refractivity contribution in [2.24, 2.45) is 0 Å². The quantitative estimate of drug-likeness (QED) is 0.909. The second-order valence-corrected chi connectivity index (χ2v) is 6.55. The molecule has 0 aliphatic heterocycles. The van der Waals surface area contributed by atoms with Crippen LogP contribution in [0.2, 0.25) is 0 Å². The van der Waals surface area contributed by atoms with E-state index in [0.29, 0.717) is 6.04 Å². The molecule has 0 saturated heterocycles. The lowest BCUT2D eigenvalue weighted by molar-refractivity contribution is 0.584. The largest absolute Gasteiger partial charge is 0.308 e. The molecular formula is C15H19N3S. The standard InChI is InChI=1S/C15H19N3S/c1-11(2)16-10-13-17-18-14(19-13)15(8-9-15)12-6-4-3-5-7-12/h3-7,11,16H,8-10H2,1-2H3. The van der Waals surface area contributed by atoms with Crippen LogP contribution in [0.1, 0.15) is 42.3 Å². The van der Waals surface area contributed by atoms with Crippen molar-refractivity contribution in [2.75, 3.05) is 0 Å². The average molecular weight is 273 g/mol. The van der Waals surface area contributed by atoms with Crippen LogP contribution in [0.25, 0.3) is 0 Å². The lowest BCUT2D eigenvalue weighted by Crippen LogP contribution is -2.21. The van der Waals surface area contributed by atoms with Crippen molar-refractivity contribution in [1.29, 1.82) is 0 Å². The summed E-state index contributed by atoms with van der Waals surface area (Å²) in [6.45, 7) is 5.11. The van der Waals surface area contributed by atoms with Gasteiger partial charge in [-0.05, 0) is 18.4 Å². The van der Waals surface area contributed by atoms with E-state index in [1.54, 1.807) is 11.3 Å². The van der Waals surface area contributed by atoms with Crippen LogP contribution in [0.15, 0.2) is 30.3 Å². The van der Waals surface area contributed by atoms with E-state index in [0.717, 1.165) is 11.6 Å². The van der Waals surface area contributed by atoms with E-state index in [-0.39, 0.29) is 5.41 Å². The first-order valence-electron chi connectivity index (χ1n) is 6.82. The molecule has 1 aromatic carbocycles. The van der Waals surface area contributed by atoms with Gasteiger partial charge >= 0.3 is 0 Å². The highest BCUT2D eigenvalue weighted by atomic mass is 32.1. The Balaban J connectivity index is 1.79. The fraction of sp³-hybridized carbons (Fsp3) is 0.467. The fourth-order valence-electron chi connectivity index (χ4n) is 2.32. The zero-order chi connectivity index (χ0) is 13.3. The van der Waals surface area contributed by atoms with Crippen molar-refractivity contribution in [1.82, 2.24) is 15.5 Å². The SMILES string of the molecule is CC(C)NCc1nnc(C2(c3ccccc3)CC2)s1. The van der Waals surface area contributed by atoms with E-state index in [1.165, 1.54) is 23.4 Å². The second-order valence-electron chi connectivity index (χ2n) is 5.48. The minimum atomic E-state index is 0.162. The maximum atomic E-state index is 4.43. The van der Waals surface area contributed by atoms with Gasteiger partial charge in [-0.2, -0.15) is 0 Å². The Morgan fingerprint density at radius 2 is 1.95 bits per heavy atom. The summed E-state index contributed by atoms with van der Waals surface area (Å²) in [6, 6.07) is 11.2. The third kappa shape index (κ3) is 2.55. The minimum Gasteiger partial charge on any atom is -0.308 e. The van der Waals surface area contributed by atoms with E-state index in [2.05, 4.69) is 59.7 Å². The van der Waals surface area contributed by atoms with Gasteiger partial charge in [0.15, 0.2) is 0 Å². The highest BCUT2D eigenvalue weighted by Crippen LogP contribution is 2.54. The van der Waals surface area contributed by atoms with Gasteiger partial charge in [0.05, 0.1) is 0 Å². The Hall–Kier alpha value is -1.26. The fourth-order valence-corrected chi connectivity index (χ4v) is 3.38. The first-order chi connectivity index (χ1) is 9.21. The summed E-state index contributed by atoms with van der Waals surface area (Å²) in [5.74, 6) is 0. The van der Waals surface area contributed by atoms with E-state index in [9.17, 15) is 0 Å². The lowest BCUT2D eigenvalue weighted by atomic mass is 9.97. The summed E-state index contributed by atoms with van der Waals surface area (Å²) in [5.41, 5.74) is 1.55. The van der Waals surface area contributed by atoms with Crippen LogP contribution in [0.3, 0.4) is 0 Å². The molecule has 0 amide bonds. The summed E-state index contributed by atoms with van der Waals surface area (Å²) in [4.78, 5) is 0. The van der Waals surface area contributed by atoms with Gasteiger partial charge in [0.1, 0.15) is 10.0 Å². The number of hydrogen-bond donors (Lipinski definition) is 1. The molecule has 1 aliphatic carbocycles. The molecule has 0 atom stereocenters. The molecule has 1 aliphatic rings. The summed E-state index contributed by atoms with van der Waals surface area (Å²) in [7, 11) is 0. The maximum absolute atomic E-state index is 4.43. The van der Waals surface area contributed by atoms with Crippen LogP contribution in [-0.4, -0.2) is 16.2 Å². The Morgan fingerprint density at radius 3 is 2.58 bits per heavy atom. The lowest BCUT2D eigenvalue weighted by Gasteiger charge is -2.11. The van der Waals surface area contributed by atoms with E-state index >= 15 is 0 Å². The summed E-state index contributed by atoms with van der Waals surface area (Å²) >= 11 is 1.75. The van der Waals surface area contributed by atoms with Gasteiger partial charge in [0.2, 0.25) is 0 Å². The molecule has 3 rings (SSSR count). The Kier molecular flexibility index (Phi) is 3.37. The Labute approximate surface area is 118 Å². The normalized spacial score (nSPS) is 16.8. The van der Waals surface area contributed by atoms with Crippen LogP contribution in [0.5, 0.6) is 0 Å². The molecule has 2 aromatic rings. The van der Waals surface area contributed by atoms with Gasteiger partial charge in [-0.15, -0.1) is 10.2 Å². The van der Waals surface area contributed by atoms with Crippen molar-refractivity contribution in [2.45, 2.75) is 44.7 Å². The molecule has 0 bridgehead atoms. The van der Waals surface area contributed by atoms with Gasteiger partial charge in [-0.25, -0.2) is 0 Å². The minimum absolute atomic E-state index is 0.162. The predicted octanol–water partition coefficient (Wildman–Crippen LogP) is 3.12. The molecule has 4 heteroatoms. The average Bonchev–Trinajstić information content (AvgIpc) is 3.10. The van der Waals surface area contributed by atoms with Crippen LogP contribution >= 0.6 is 11.3 Å². The van der Waals surface area contributed by atoms with Crippen LogP contribution < -0.4 is 5.32 Å². The Morgan fingerprint density at radius 1 is 1.21 bits per heavy atom. The van der Waals surface area contributed by atoms with Crippen molar-refractivity contribution in [3.05, 3.63) is 45.9 Å². The zero-order valence-corrected chi connectivity index (χ0v) is 12.2. The van der Waals surface area contributed by atoms with Crippen LogP contribution in [-0.2, 0) is 12.0 Å². The molecule has 1 fully saturated rings. The smallest absolute Gasteiger partial charge is 0.131 e. The molecule has 1 saturated carbocycles. The summed E-state index contributed by atoms with van der Waals surface area (Å²) in [6.07, 6.45) is 2.40. The molecular weight excluding hydrogens is 254 g/mol. The predicted molar refractivity (Wildman–Crippen MR) is 78.3 cm³/mol. The van der Waals surface area contributed by atoms with Gasteiger partial charge in [0, 0.05) is 18.0 Å². The molecule has 0 unspecified atom stereocenters. The molecule has 3 nitrogen and oxygen atoms in total. The third-order valence-corrected chi connectivity index (χ3v) is 4.74. The molecule has 1 N–H and O–H groups in total. The molecule has 0 radical (unpaired) electrons. The molecule has 0 spiro atoms. The number of benzene rings is 1. The van der Waals surface area contributed by atoms with Gasteiger partial charge in [0.25, 0.3) is 0 Å². The highest BCUT2D eigenvalue weighted by molar-refractivity contribution is 7.11. The van der Waals surface area contributed by atoms with E-state index < -0.39 is 0 Å². The van der Waals surface area contributed by atoms with Crippen LogP contribution in [0, 0.1) is 0 Å².